The van der Waals surface area contributed by atoms with E-state index in [1.807, 2.05) is 6.92 Å². The molecule has 0 aliphatic rings. The molecule has 18 heavy (non-hydrogen) atoms. The summed E-state index contributed by atoms with van der Waals surface area (Å²) >= 11 is 0. The highest BCUT2D eigenvalue weighted by atomic mass is 28.3. The van der Waals surface area contributed by atoms with E-state index in [4.69, 9.17) is 0 Å². The monoisotopic (exact) mass is 264 g/mol. The molecule has 0 saturated heterocycles. The Hall–Kier alpha value is -1.13. The first-order valence-corrected chi connectivity index (χ1v) is 9.89. The van der Waals surface area contributed by atoms with E-state index in [1.54, 1.807) is 7.05 Å². The molecule has 1 unspecified atom stereocenters. The minimum atomic E-state index is -1.21. The molecule has 1 atom stereocenters. The van der Waals surface area contributed by atoms with E-state index >= 15 is 0 Å². The van der Waals surface area contributed by atoms with E-state index in [0.29, 0.717) is 0 Å². The average Bonchev–Trinajstić information content (AvgIpc) is 2.34. The van der Waals surface area contributed by atoms with Crippen molar-refractivity contribution in [3.8, 4) is 0 Å². The molecule has 0 saturated carbocycles. The molecule has 0 aliphatic heterocycles. The quantitative estimate of drug-likeness (QED) is 0.791. The largest absolute Gasteiger partial charge is 0.358 e. The van der Waals surface area contributed by atoms with Crippen LogP contribution in [-0.4, -0.2) is 27.1 Å². The molecule has 0 heterocycles. The maximum absolute atomic E-state index is 11.4. The fourth-order valence-corrected chi connectivity index (χ4v) is 2.87. The number of likely N-dealkylation sites (N-methyl/N-ethyl adjacent to an activating group) is 1. The Labute approximate surface area is 111 Å². The maximum atomic E-state index is 11.4. The Morgan fingerprint density at radius 1 is 1.22 bits per heavy atom. The Bertz CT molecular complexity index is 395. The van der Waals surface area contributed by atoms with Crippen molar-refractivity contribution < 1.29 is 4.79 Å². The second kappa shape index (κ2) is 6.16. The molecule has 4 heteroatoms. The standard InChI is InChI=1S/C14H24N2OSi/c1-11(14(17)15-2)16-10-12-6-8-13(9-7-12)18(3,4)5/h6-9,11,16H,10H2,1-5H3,(H,15,17). The van der Waals surface area contributed by atoms with Crippen molar-refractivity contribution >= 4 is 19.2 Å². The van der Waals surface area contributed by atoms with Gasteiger partial charge in [0, 0.05) is 13.6 Å². The highest BCUT2D eigenvalue weighted by Gasteiger charge is 2.15. The van der Waals surface area contributed by atoms with Crippen LogP contribution < -0.4 is 15.8 Å². The number of amides is 1. The molecule has 1 rings (SSSR count). The molecule has 1 aromatic rings. The SMILES string of the molecule is CNC(=O)C(C)NCc1ccc([Si](C)(C)C)cc1. The second-order valence-corrected chi connectivity index (χ2v) is 10.7. The van der Waals surface area contributed by atoms with Crippen molar-refractivity contribution in [2.45, 2.75) is 39.2 Å². The lowest BCUT2D eigenvalue weighted by Crippen LogP contribution is -2.40. The number of nitrogens with one attached hydrogen (secondary N) is 2. The third-order valence-corrected chi connectivity index (χ3v) is 5.14. The van der Waals surface area contributed by atoms with Crippen LogP contribution in [0.4, 0.5) is 0 Å². The van der Waals surface area contributed by atoms with Gasteiger partial charge < -0.3 is 10.6 Å². The molecular weight excluding hydrogens is 240 g/mol. The minimum absolute atomic E-state index is 0.0220. The molecule has 0 aromatic heterocycles. The van der Waals surface area contributed by atoms with E-state index in [-0.39, 0.29) is 11.9 Å². The van der Waals surface area contributed by atoms with Crippen molar-refractivity contribution in [2.24, 2.45) is 0 Å². The molecule has 0 bridgehead atoms. The Kier molecular flexibility index (Phi) is 5.11. The average molecular weight is 264 g/mol. The highest BCUT2D eigenvalue weighted by Crippen LogP contribution is 2.04. The van der Waals surface area contributed by atoms with Gasteiger partial charge in [-0.3, -0.25) is 4.79 Å². The van der Waals surface area contributed by atoms with Gasteiger partial charge in [-0.05, 0) is 12.5 Å². The van der Waals surface area contributed by atoms with Crippen molar-refractivity contribution in [1.82, 2.24) is 10.6 Å². The Morgan fingerprint density at radius 2 is 1.78 bits per heavy atom. The zero-order valence-electron chi connectivity index (χ0n) is 12.0. The van der Waals surface area contributed by atoms with Gasteiger partial charge in [0.2, 0.25) is 5.91 Å². The van der Waals surface area contributed by atoms with E-state index in [9.17, 15) is 4.79 Å². The molecule has 3 nitrogen and oxygen atoms in total. The normalized spacial score (nSPS) is 13.2. The highest BCUT2D eigenvalue weighted by molar-refractivity contribution is 6.88. The Morgan fingerprint density at radius 3 is 2.22 bits per heavy atom. The van der Waals surface area contributed by atoms with Gasteiger partial charge in [0.05, 0.1) is 14.1 Å². The third-order valence-electron chi connectivity index (χ3n) is 3.07. The summed E-state index contributed by atoms with van der Waals surface area (Å²) in [5.41, 5.74) is 1.22. The lowest BCUT2D eigenvalue weighted by Gasteiger charge is -2.17. The predicted molar refractivity (Wildman–Crippen MR) is 79.8 cm³/mol. The fraction of sp³-hybridized carbons (Fsp3) is 0.500. The first-order valence-electron chi connectivity index (χ1n) is 6.39. The second-order valence-electron chi connectivity index (χ2n) is 5.66. The maximum Gasteiger partial charge on any atom is 0.236 e. The molecule has 1 amide bonds. The molecule has 0 radical (unpaired) electrons. The lowest BCUT2D eigenvalue weighted by molar-refractivity contribution is -0.122. The Balaban J connectivity index is 2.57. The van der Waals surface area contributed by atoms with Crippen molar-refractivity contribution in [1.29, 1.82) is 0 Å². The summed E-state index contributed by atoms with van der Waals surface area (Å²) < 4.78 is 0. The van der Waals surface area contributed by atoms with Gasteiger partial charge in [0.25, 0.3) is 0 Å². The van der Waals surface area contributed by atoms with Gasteiger partial charge in [0.15, 0.2) is 0 Å². The van der Waals surface area contributed by atoms with Crippen LogP contribution in [0.5, 0.6) is 0 Å². The van der Waals surface area contributed by atoms with Gasteiger partial charge in [-0.1, -0.05) is 49.1 Å². The summed E-state index contributed by atoms with van der Waals surface area (Å²) in [6, 6.07) is 8.57. The molecule has 0 spiro atoms. The fourth-order valence-electron chi connectivity index (χ4n) is 1.70. The smallest absolute Gasteiger partial charge is 0.236 e. The molecular formula is C14H24N2OSi. The van der Waals surface area contributed by atoms with Crippen LogP contribution >= 0.6 is 0 Å². The summed E-state index contributed by atoms with van der Waals surface area (Å²) in [5.74, 6) is 0.0220. The van der Waals surface area contributed by atoms with Gasteiger partial charge in [-0.15, -0.1) is 0 Å². The first kappa shape index (κ1) is 14.9. The van der Waals surface area contributed by atoms with E-state index in [2.05, 4.69) is 54.5 Å². The number of hydrogen-bond acceptors (Lipinski definition) is 2. The number of rotatable bonds is 5. The van der Waals surface area contributed by atoms with Crippen molar-refractivity contribution in [3.63, 3.8) is 0 Å². The summed E-state index contributed by atoms with van der Waals surface area (Å²) in [4.78, 5) is 11.4. The van der Waals surface area contributed by atoms with E-state index in [1.165, 1.54) is 10.8 Å². The van der Waals surface area contributed by atoms with Crippen LogP contribution in [0.3, 0.4) is 0 Å². The molecule has 1 aromatic carbocycles. The van der Waals surface area contributed by atoms with Crippen molar-refractivity contribution in [3.05, 3.63) is 29.8 Å². The van der Waals surface area contributed by atoms with Crippen LogP contribution in [0.15, 0.2) is 24.3 Å². The van der Waals surface area contributed by atoms with Crippen LogP contribution in [0.2, 0.25) is 19.6 Å². The number of carbonyl (C=O) groups excluding carboxylic acids is 1. The van der Waals surface area contributed by atoms with Crippen LogP contribution in [0.1, 0.15) is 12.5 Å². The zero-order valence-corrected chi connectivity index (χ0v) is 13.0. The van der Waals surface area contributed by atoms with Crippen LogP contribution in [0.25, 0.3) is 0 Å². The van der Waals surface area contributed by atoms with E-state index < -0.39 is 8.07 Å². The lowest BCUT2D eigenvalue weighted by atomic mass is 10.2. The first-order chi connectivity index (χ1) is 8.34. The van der Waals surface area contributed by atoms with Crippen molar-refractivity contribution in [2.75, 3.05) is 7.05 Å². The van der Waals surface area contributed by atoms with Crippen LogP contribution in [-0.2, 0) is 11.3 Å². The predicted octanol–water partition coefficient (Wildman–Crippen LogP) is 1.46. The van der Waals surface area contributed by atoms with Gasteiger partial charge in [-0.2, -0.15) is 0 Å². The topological polar surface area (TPSA) is 41.1 Å². The molecule has 100 valence electrons. The summed E-state index contributed by atoms with van der Waals surface area (Å²) in [7, 11) is 0.447. The third kappa shape index (κ3) is 4.27. The summed E-state index contributed by atoms with van der Waals surface area (Å²) in [6.45, 7) is 9.62. The van der Waals surface area contributed by atoms with Gasteiger partial charge in [-0.25, -0.2) is 0 Å². The van der Waals surface area contributed by atoms with Gasteiger partial charge in [0.1, 0.15) is 0 Å². The molecule has 2 N–H and O–H groups in total. The molecule has 0 fully saturated rings. The minimum Gasteiger partial charge on any atom is -0.358 e. The number of carbonyl (C=O) groups is 1. The number of hydrogen-bond donors (Lipinski definition) is 2. The zero-order chi connectivity index (χ0) is 13.8. The number of benzene rings is 1. The van der Waals surface area contributed by atoms with Crippen LogP contribution in [0, 0.1) is 0 Å². The molecule has 0 aliphatic carbocycles. The van der Waals surface area contributed by atoms with E-state index in [0.717, 1.165) is 6.54 Å². The summed E-state index contributed by atoms with van der Waals surface area (Å²) in [5, 5.41) is 7.30. The summed E-state index contributed by atoms with van der Waals surface area (Å²) in [6.07, 6.45) is 0. The van der Waals surface area contributed by atoms with Gasteiger partial charge >= 0.3 is 0 Å².